The third-order valence-corrected chi connectivity index (χ3v) is 9.23. The van der Waals surface area contributed by atoms with E-state index in [9.17, 15) is 31.5 Å². The average Bonchev–Trinajstić information content (AvgIpc) is 3.28. The predicted molar refractivity (Wildman–Crippen MR) is 140 cm³/mol. The number of rotatable bonds is 9. The molecule has 0 saturated carbocycles. The first-order chi connectivity index (χ1) is 18.8. The van der Waals surface area contributed by atoms with Gasteiger partial charge in [0.2, 0.25) is 0 Å². The SMILES string of the molecule is CCS(=O)(=O)c1ccc([C@H](CO)NC(=O)c2cnc3c(c2)CN(C[C@H]2CCC(C(F)(F)F)OC2)C3C(C)C)nc1. The highest BCUT2D eigenvalue weighted by molar-refractivity contribution is 7.91. The quantitative estimate of drug-likeness (QED) is 0.459. The fourth-order valence-corrected chi connectivity index (χ4v) is 6.21. The number of nitrogens with one attached hydrogen (secondary N) is 1. The number of alkyl halides is 3. The van der Waals surface area contributed by atoms with Gasteiger partial charge in [0, 0.05) is 25.5 Å². The lowest BCUT2D eigenvalue weighted by Crippen LogP contribution is -2.41. The van der Waals surface area contributed by atoms with E-state index in [1.807, 2.05) is 0 Å². The standard InChI is InChI=1S/C27H35F3N4O5S/c1-4-40(37,38)20-6-7-21(31-11-20)22(14-35)33-26(36)18-9-19-13-34(25(16(2)3)24(19)32-10-18)12-17-5-8-23(39-15-17)27(28,29)30/h6-7,9-11,16-17,22-23,25,35H,4-5,8,12-15H2,1-3H3,(H,33,36)/t17-,22+,23?,25?/m1/s1. The summed E-state index contributed by atoms with van der Waals surface area (Å²) in [7, 11) is -3.43. The Morgan fingerprint density at radius 2 is 1.98 bits per heavy atom. The third kappa shape index (κ3) is 6.64. The van der Waals surface area contributed by atoms with Crippen LogP contribution in [0.1, 0.15) is 73.0 Å². The number of nitrogens with zero attached hydrogens (tertiary/aromatic N) is 3. The van der Waals surface area contributed by atoms with Gasteiger partial charge in [-0.25, -0.2) is 8.42 Å². The van der Waals surface area contributed by atoms with Gasteiger partial charge in [0.15, 0.2) is 15.9 Å². The summed E-state index contributed by atoms with van der Waals surface area (Å²) in [6.07, 6.45) is -3.00. The van der Waals surface area contributed by atoms with Crippen molar-refractivity contribution in [2.24, 2.45) is 11.8 Å². The number of pyridine rings is 2. The molecule has 0 radical (unpaired) electrons. The Morgan fingerprint density at radius 3 is 2.52 bits per heavy atom. The maximum atomic E-state index is 13.1. The van der Waals surface area contributed by atoms with Crippen LogP contribution in [0.15, 0.2) is 35.5 Å². The van der Waals surface area contributed by atoms with E-state index in [0.717, 1.165) is 11.3 Å². The van der Waals surface area contributed by atoms with Crippen molar-refractivity contribution in [2.75, 3.05) is 25.5 Å². The topological polar surface area (TPSA) is 122 Å². The molecular weight excluding hydrogens is 549 g/mol. The maximum absolute atomic E-state index is 13.1. The van der Waals surface area contributed by atoms with Crippen molar-refractivity contribution in [2.45, 2.75) is 69.4 Å². The summed E-state index contributed by atoms with van der Waals surface area (Å²) in [5.74, 6) is -0.389. The molecule has 1 saturated heterocycles. The van der Waals surface area contributed by atoms with Gasteiger partial charge in [-0.1, -0.05) is 20.8 Å². The smallest absolute Gasteiger partial charge is 0.394 e. The lowest BCUT2D eigenvalue weighted by molar-refractivity contribution is -0.236. The van der Waals surface area contributed by atoms with E-state index in [1.54, 1.807) is 6.07 Å². The lowest BCUT2D eigenvalue weighted by Gasteiger charge is -2.35. The second-order valence-corrected chi connectivity index (χ2v) is 13.0. The van der Waals surface area contributed by atoms with Crippen molar-refractivity contribution in [1.82, 2.24) is 20.2 Å². The molecule has 0 spiro atoms. The molecule has 2 aromatic heterocycles. The number of amides is 1. The summed E-state index contributed by atoms with van der Waals surface area (Å²) in [6.45, 7) is 6.31. The average molecular weight is 585 g/mol. The van der Waals surface area contributed by atoms with Gasteiger partial charge >= 0.3 is 6.18 Å². The van der Waals surface area contributed by atoms with Crippen LogP contribution < -0.4 is 5.32 Å². The number of ether oxygens (including phenoxy) is 1. The summed E-state index contributed by atoms with van der Waals surface area (Å²) >= 11 is 0. The molecule has 4 rings (SSSR count). The Labute approximate surface area is 232 Å². The Hall–Kier alpha value is -2.61. The predicted octanol–water partition coefficient (Wildman–Crippen LogP) is 3.60. The minimum atomic E-state index is -4.35. The molecule has 2 aliphatic rings. The van der Waals surface area contributed by atoms with Crippen molar-refractivity contribution in [3.8, 4) is 0 Å². The number of hydrogen-bond acceptors (Lipinski definition) is 8. The number of fused-ring (bicyclic) bond motifs is 1. The van der Waals surface area contributed by atoms with Gasteiger partial charge in [-0.2, -0.15) is 13.2 Å². The van der Waals surface area contributed by atoms with Gasteiger partial charge in [0.25, 0.3) is 5.91 Å². The van der Waals surface area contributed by atoms with Gasteiger partial charge < -0.3 is 15.2 Å². The van der Waals surface area contributed by atoms with Crippen LogP contribution >= 0.6 is 0 Å². The number of carbonyl (C=O) groups excluding carboxylic acids is 1. The van der Waals surface area contributed by atoms with Crippen LogP contribution in [0.25, 0.3) is 0 Å². The molecule has 2 aliphatic heterocycles. The number of aliphatic hydroxyl groups is 1. The van der Waals surface area contributed by atoms with E-state index in [0.29, 0.717) is 30.8 Å². The molecule has 13 heteroatoms. The van der Waals surface area contributed by atoms with Crippen molar-refractivity contribution in [3.05, 3.63) is 53.1 Å². The lowest BCUT2D eigenvalue weighted by atomic mass is 9.95. The Bertz CT molecular complexity index is 1300. The van der Waals surface area contributed by atoms with Crippen LogP contribution in [0, 0.1) is 11.8 Å². The first-order valence-corrected chi connectivity index (χ1v) is 15.0. The van der Waals surface area contributed by atoms with Crippen LogP contribution in [0.3, 0.4) is 0 Å². The van der Waals surface area contributed by atoms with Crippen molar-refractivity contribution >= 4 is 15.7 Å². The number of carbonyl (C=O) groups is 1. The van der Waals surface area contributed by atoms with Crippen LogP contribution in [0.5, 0.6) is 0 Å². The number of sulfone groups is 1. The molecule has 1 fully saturated rings. The van der Waals surface area contributed by atoms with E-state index in [-0.39, 0.29) is 41.6 Å². The molecule has 220 valence electrons. The molecule has 2 aromatic rings. The Morgan fingerprint density at radius 1 is 1.23 bits per heavy atom. The molecule has 1 amide bonds. The monoisotopic (exact) mass is 584 g/mol. The van der Waals surface area contributed by atoms with E-state index >= 15 is 0 Å². The van der Waals surface area contributed by atoms with Crippen LogP contribution in [0.2, 0.25) is 0 Å². The zero-order chi connectivity index (χ0) is 29.2. The molecule has 2 unspecified atom stereocenters. The summed E-state index contributed by atoms with van der Waals surface area (Å²) in [6, 6.07) is 3.71. The Balaban J connectivity index is 1.44. The maximum Gasteiger partial charge on any atom is 0.414 e. The minimum Gasteiger partial charge on any atom is -0.394 e. The largest absolute Gasteiger partial charge is 0.414 e. The van der Waals surface area contributed by atoms with Crippen molar-refractivity contribution < 1.29 is 36.2 Å². The molecular formula is C27H35F3N4O5S. The second kappa shape index (κ2) is 12.1. The minimum absolute atomic E-state index is 0.0338. The van der Waals surface area contributed by atoms with E-state index in [4.69, 9.17) is 4.74 Å². The van der Waals surface area contributed by atoms with E-state index in [1.165, 1.54) is 31.5 Å². The Kier molecular flexibility index (Phi) is 9.18. The van der Waals surface area contributed by atoms with Crippen LogP contribution in [-0.4, -0.2) is 72.1 Å². The molecule has 0 bridgehead atoms. The van der Waals surface area contributed by atoms with Gasteiger partial charge in [-0.15, -0.1) is 0 Å². The number of aromatic nitrogens is 2. The normalized spacial score (nSPS) is 22.8. The van der Waals surface area contributed by atoms with Crippen molar-refractivity contribution in [1.29, 1.82) is 0 Å². The second-order valence-electron chi connectivity index (χ2n) is 10.7. The highest BCUT2D eigenvalue weighted by atomic mass is 32.2. The fraction of sp³-hybridized carbons (Fsp3) is 0.593. The number of hydrogen-bond donors (Lipinski definition) is 2. The van der Waals surface area contributed by atoms with E-state index in [2.05, 4.69) is 34.0 Å². The van der Waals surface area contributed by atoms with Crippen molar-refractivity contribution in [3.63, 3.8) is 0 Å². The van der Waals surface area contributed by atoms with Crippen LogP contribution in [0.4, 0.5) is 13.2 Å². The third-order valence-electron chi connectivity index (χ3n) is 7.51. The number of halogens is 3. The molecule has 9 nitrogen and oxygen atoms in total. The first-order valence-electron chi connectivity index (χ1n) is 13.4. The van der Waals surface area contributed by atoms with Gasteiger partial charge in [-0.3, -0.25) is 19.7 Å². The molecule has 2 N–H and O–H groups in total. The summed E-state index contributed by atoms with van der Waals surface area (Å²) < 4.78 is 68.1. The van der Waals surface area contributed by atoms with Crippen LogP contribution in [-0.2, 0) is 21.1 Å². The highest BCUT2D eigenvalue weighted by Gasteiger charge is 2.44. The molecule has 4 heterocycles. The fourth-order valence-electron chi connectivity index (χ4n) is 5.39. The zero-order valence-corrected chi connectivity index (χ0v) is 23.5. The summed E-state index contributed by atoms with van der Waals surface area (Å²) in [5.41, 5.74) is 2.31. The molecule has 4 atom stereocenters. The molecule has 0 aliphatic carbocycles. The molecule has 0 aromatic carbocycles. The summed E-state index contributed by atoms with van der Waals surface area (Å²) in [4.78, 5) is 24.1. The van der Waals surface area contributed by atoms with E-state index < -0.39 is 40.7 Å². The molecule has 40 heavy (non-hydrogen) atoms. The van der Waals surface area contributed by atoms with Gasteiger partial charge in [-0.05, 0) is 48.4 Å². The summed E-state index contributed by atoms with van der Waals surface area (Å²) in [5, 5.41) is 12.6. The van der Waals surface area contributed by atoms with Gasteiger partial charge in [0.05, 0.1) is 52.9 Å². The van der Waals surface area contributed by atoms with Gasteiger partial charge in [0.1, 0.15) is 0 Å². The zero-order valence-electron chi connectivity index (χ0n) is 22.7. The number of aliphatic hydroxyl groups excluding tert-OH is 1. The first kappa shape index (κ1) is 30.4. The highest BCUT2D eigenvalue weighted by Crippen LogP contribution is 2.39.